The van der Waals surface area contributed by atoms with E-state index in [-0.39, 0.29) is 0 Å². The van der Waals surface area contributed by atoms with Crippen LogP contribution in [0.3, 0.4) is 0 Å². The van der Waals surface area contributed by atoms with Gasteiger partial charge in [-0.25, -0.2) is 0 Å². The van der Waals surface area contributed by atoms with Crippen LogP contribution in [0.25, 0.3) is 0 Å². The summed E-state index contributed by atoms with van der Waals surface area (Å²) in [5, 5.41) is 0.838. The van der Waals surface area contributed by atoms with Crippen molar-refractivity contribution in [2.24, 2.45) is 5.73 Å². The molecule has 0 aliphatic carbocycles. The van der Waals surface area contributed by atoms with Gasteiger partial charge in [-0.3, -0.25) is 4.90 Å². The molecule has 0 bridgehead atoms. The van der Waals surface area contributed by atoms with Gasteiger partial charge in [0, 0.05) is 18.1 Å². The summed E-state index contributed by atoms with van der Waals surface area (Å²) in [5.41, 5.74) is 7.89. The zero-order valence-electron chi connectivity index (χ0n) is 10.9. The van der Waals surface area contributed by atoms with E-state index >= 15 is 0 Å². The standard InChI is InChI=1S/C14H23ClN2/c1-3-7-17(8-4-2)11-13-6-5-12(10-16)9-14(13)15/h5-6,9H,3-4,7-8,10-11,16H2,1-2H3. The van der Waals surface area contributed by atoms with Crippen LogP contribution in [-0.4, -0.2) is 18.0 Å². The van der Waals surface area contributed by atoms with E-state index in [9.17, 15) is 0 Å². The first-order valence-electron chi connectivity index (χ1n) is 6.41. The van der Waals surface area contributed by atoms with E-state index in [1.165, 1.54) is 18.4 Å². The summed E-state index contributed by atoms with van der Waals surface area (Å²) in [4.78, 5) is 2.45. The SMILES string of the molecule is CCCN(CCC)Cc1ccc(CN)cc1Cl. The highest BCUT2D eigenvalue weighted by molar-refractivity contribution is 6.31. The number of rotatable bonds is 7. The van der Waals surface area contributed by atoms with E-state index in [2.05, 4.69) is 30.9 Å². The molecule has 0 aromatic heterocycles. The predicted molar refractivity (Wildman–Crippen MR) is 75.2 cm³/mol. The maximum atomic E-state index is 6.27. The van der Waals surface area contributed by atoms with Gasteiger partial charge in [-0.05, 0) is 43.1 Å². The molecule has 0 spiro atoms. The van der Waals surface area contributed by atoms with Crippen LogP contribution in [0.4, 0.5) is 0 Å². The Morgan fingerprint density at radius 3 is 2.29 bits per heavy atom. The lowest BCUT2D eigenvalue weighted by Gasteiger charge is -2.21. The van der Waals surface area contributed by atoms with Crippen molar-refractivity contribution in [3.63, 3.8) is 0 Å². The Balaban J connectivity index is 2.71. The lowest BCUT2D eigenvalue weighted by atomic mass is 10.1. The van der Waals surface area contributed by atoms with Gasteiger partial charge in [0.1, 0.15) is 0 Å². The monoisotopic (exact) mass is 254 g/mol. The van der Waals surface area contributed by atoms with Gasteiger partial charge < -0.3 is 5.73 Å². The van der Waals surface area contributed by atoms with Crippen molar-refractivity contribution in [3.8, 4) is 0 Å². The van der Waals surface area contributed by atoms with Crippen LogP contribution in [0.1, 0.15) is 37.8 Å². The second-order valence-corrected chi connectivity index (χ2v) is 4.81. The third-order valence-corrected chi connectivity index (χ3v) is 3.18. The molecule has 0 amide bonds. The number of nitrogens with zero attached hydrogens (tertiary/aromatic N) is 1. The van der Waals surface area contributed by atoms with E-state index < -0.39 is 0 Å². The van der Waals surface area contributed by atoms with Gasteiger partial charge in [-0.15, -0.1) is 0 Å². The molecule has 96 valence electrons. The molecule has 0 aliphatic heterocycles. The van der Waals surface area contributed by atoms with Gasteiger partial charge in [0.25, 0.3) is 0 Å². The molecule has 2 N–H and O–H groups in total. The first kappa shape index (κ1) is 14.5. The third-order valence-electron chi connectivity index (χ3n) is 2.83. The van der Waals surface area contributed by atoms with Gasteiger partial charge in [-0.1, -0.05) is 37.6 Å². The summed E-state index contributed by atoms with van der Waals surface area (Å²) in [5.74, 6) is 0. The lowest BCUT2D eigenvalue weighted by molar-refractivity contribution is 0.266. The zero-order chi connectivity index (χ0) is 12.7. The maximum Gasteiger partial charge on any atom is 0.0454 e. The molecule has 1 rings (SSSR count). The fraction of sp³-hybridized carbons (Fsp3) is 0.571. The van der Waals surface area contributed by atoms with Crippen molar-refractivity contribution >= 4 is 11.6 Å². The van der Waals surface area contributed by atoms with Crippen LogP contribution in [0, 0.1) is 0 Å². The summed E-state index contributed by atoms with van der Waals surface area (Å²) >= 11 is 6.27. The van der Waals surface area contributed by atoms with Crippen LogP contribution in [0.2, 0.25) is 5.02 Å². The molecular weight excluding hydrogens is 232 g/mol. The maximum absolute atomic E-state index is 6.27. The van der Waals surface area contributed by atoms with Gasteiger partial charge >= 0.3 is 0 Å². The Bertz CT molecular complexity index is 333. The molecule has 2 nitrogen and oxygen atoms in total. The average molecular weight is 255 g/mol. The molecular formula is C14H23ClN2. The van der Waals surface area contributed by atoms with Crippen molar-refractivity contribution in [2.45, 2.75) is 39.8 Å². The Hall–Kier alpha value is -0.570. The van der Waals surface area contributed by atoms with Crippen LogP contribution in [0.15, 0.2) is 18.2 Å². The predicted octanol–water partition coefficient (Wildman–Crippen LogP) is 3.42. The summed E-state index contributed by atoms with van der Waals surface area (Å²) in [6.45, 7) is 8.16. The highest BCUT2D eigenvalue weighted by Gasteiger charge is 2.07. The number of hydrogen-bond donors (Lipinski definition) is 1. The Labute approximate surface area is 110 Å². The van der Waals surface area contributed by atoms with E-state index in [4.69, 9.17) is 17.3 Å². The molecule has 1 aromatic rings. The van der Waals surface area contributed by atoms with Gasteiger partial charge in [0.2, 0.25) is 0 Å². The van der Waals surface area contributed by atoms with E-state index in [0.717, 1.165) is 30.2 Å². The van der Waals surface area contributed by atoms with Crippen LogP contribution < -0.4 is 5.73 Å². The van der Waals surface area contributed by atoms with Crippen molar-refractivity contribution in [1.82, 2.24) is 4.90 Å². The van der Waals surface area contributed by atoms with E-state index in [1.807, 2.05) is 6.07 Å². The van der Waals surface area contributed by atoms with Gasteiger partial charge in [0.05, 0.1) is 0 Å². The molecule has 0 saturated carbocycles. The molecule has 0 atom stereocenters. The van der Waals surface area contributed by atoms with Gasteiger partial charge in [0.15, 0.2) is 0 Å². The van der Waals surface area contributed by atoms with Crippen molar-refractivity contribution < 1.29 is 0 Å². The van der Waals surface area contributed by atoms with Crippen LogP contribution >= 0.6 is 11.6 Å². The molecule has 3 heteroatoms. The molecule has 0 saturated heterocycles. The summed E-state index contributed by atoms with van der Waals surface area (Å²) in [6, 6.07) is 6.15. The highest BCUT2D eigenvalue weighted by Crippen LogP contribution is 2.19. The normalized spacial score (nSPS) is 11.1. The van der Waals surface area contributed by atoms with Crippen LogP contribution in [0.5, 0.6) is 0 Å². The minimum atomic E-state index is 0.549. The molecule has 0 aliphatic rings. The fourth-order valence-corrected chi connectivity index (χ4v) is 2.25. The van der Waals surface area contributed by atoms with Gasteiger partial charge in [-0.2, -0.15) is 0 Å². The summed E-state index contributed by atoms with van der Waals surface area (Å²) < 4.78 is 0. The summed E-state index contributed by atoms with van der Waals surface area (Å²) in [7, 11) is 0. The lowest BCUT2D eigenvalue weighted by Crippen LogP contribution is -2.25. The first-order chi connectivity index (χ1) is 8.21. The molecule has 17 heavy (non-hydrogen) atoms. The largest absolute Gasteiger partial charge is 0.326 e. The third kappa shape index (κ3) is 4.66. The number of halogens is 1. The number of hydrogen-bond acceptors (Lipinski definition) is 2. The Morgan fingerprint density at radius 2 is 1.82 bits per heavy atom. The minimum Gasteiger partial charge on any atom is -0.326 e. The first-order valence-corrected chi connectivity index (χ1v) is 6.78. The van der Waals surface area contributed by atoms with Crippen molar-refractivity contribution in [3.05, 3.63) is 34.3 Å². The number of nitrogens with two attached hydrogens (primary N) is 1. The molecule has 0 heterocycles. The summed E-state index contributed by atoms with van der Waals surface area (Å²) in [6.07, 6.45) is 2.36. The second-order valence-electron chi connectivity index (χ2n) is 4.41. The number of benzene rings is 1. The fourth-order valence-electron chi connectivity index (χ4n) is 1.99. The second kappa shape index (κ2) is 7.70. The van der Waals surface area contributed by atoms with E-state index in [0.29, 0.717) is 6.54 Å². The molecule has 1 aromatic carbocycles. The Morgan fingerprint density at radius 1 is 1.18 bits per heavy atom. The van der Waals surface area contributed by atoms with Crippen molar-refractivity contribution in [2.75, 3.05) is 13.1 Å². The zero-order valence-corrected chi connectivity index (χ0v) is 11.6. The van der Waals surface area contributed by atoms with Crippen LogP contribution in [-0.2, 0) is 13.1 Å². The molecule has 0 radical (unpaired) electrons. The van der Waals surface area contributed by atoms with Crippen molar-refractivity contribution in [1.29, 1.82) is 0 Å². The molecule has 0 fully saturated rings. The minimum absolute atomic E-state index is 0.549. The highest BCUT2D eigenvalue weighted by atomic mass is 35.5. The smallest absolute Gasteiger partial charge is 0.0454 e. The quantitative estimate of drug-likeness (QED) is 0.808. The Kier molecular flexibility index (Phi) is 6.56. The average Bonchev–Trinajstić information content (AvgIpc) is 2.32. The topological polar surface area (TPSA) is 29.3 Å². The molecule has 0 unspecified atom stereocenters. The van der Waals surface area contributed by atoms with E-state index in [1.54, 1.807) is 0 Å².